The van der Waals surface area contributed by atoms with Gasteiger partial charge in [0.25, 0.3) is 0 Å². The van der Waals surface area contributed by atoms with E-state index in [9.17, 15) is 0 Å². The molecule has 0 radical (unpaired) electrons. The highest BCUT2D eigenvalue weighted by Gasteiger charge is 2.18. The molecule has 1 rings (SSSR count). The molecule has 0 aromatic carbocycles. The largest absolute Gasteiger partial charge is 0.340 e. The summed E-state index contributed by atoms with van der Waals surface area (Å²) >= 11 is 0. The normalized spacial score (nSPS) is 24.5. The summed E-state index contributed by atoms with van der Waals surface area (Å²) < 4.78 is 0. The summed E-state index contributed by atoms with van der Waals surface area (Å²) in [4.78, 5) is 2.24. The average molecular weight is 141 g/mol. The maximum Gasteiger partial charge on any atom is 0.116 e. The predicted octanol–water partition coefficient (Wildman–Crippen LogP) is 0.933. The quantitative estimate of drug-likeness (QED) is 0.569. The van der Waals surface area contributed by atoms with Gasteiger partial charge in [-0.2, -0.15) is 5.10 Å². The van der Waals surface area contributed by atoms with E-state index in [4.69, 9.17) is 0 Å². The van der Waals surface area contributed by atoms with Crippen molar-refractivity contribution in [1.82, 2.24) is 9.91 Å². The van der Waals surface area contributed by atoms with Crippen molar-refractivity contribution in [2.75, 3.05) is 13.6 Å². The van der Waals surface area contributed by atoms with E-state index in [2.05, 4.69) is 23.8 Å². The van der Waals surface area contributed by atoms with Gasteiger partial charge in [0, 0.05) is 13.6 Å². The first kappa shape index (κ1) is 7.38. The Labute approximate surface area is 62.3 Å². The van der Waals surface area contributed by atoms with Gasteiger partial charge in [0.05, 0.1) is 0 Å². The highest BCUT2D eigenvalue weighted by molar-refractivity contribution is 5.56. The van der Waals surface area contributed by atoms with Crippen LogP contribution in [0.3, 0.4) is 0 Å². The Morgan fingerprint density at radius 3 is 2.70 bits per heavy atom. The fraction of sp³-hybridized carbons (Fsp3) is 0.857. The lowest BCUT2D eigenvalue weighted by molar-refractivity contribution is 0.179. The van der Waals surface area contributed by atoms with Gasteiger partial charge in [0.15, 0.2) is 0 Å². The predicted molar refractivity (Wildman–Crippen MR) is 42.7 cm³/mol. The van der Waals surface area contributed by atoms with Gasteiger partial charge in [-0.05, 0) is 13.3 Å². The number of hydrogen-bond donors (Lipinski definition) is 0. The molecule has 1 unspecified atom stereocenters. The van der Waals surface area contributed by atoms with Crippen LogP contribution in [0.1, 0.15) is 20.3 Å². The molecule has 3 heteroatoms. The van der Waals surface area contributed by atoms with Crippen molar-refractivity contribution in [3.63, 3.8) is 0 Å². The summed E-state index contributed by atoms with van der Waals surface area (Å²) in [6.45, 7) is 5.44. The zero-order valence-corrected chi connectivity index (χ0v) is 6.91. The topological polar surface area (TPSA) is 18.8 Å². The Morgan fingerprint density at radius 2 is 2.30 bits per heavy atom. The molecule has 58 valence electrons. The SMILES string of the molecule is CCCN1C=NN(C)C1C. The summed E-state index contributed by atoms with van der Waals surface area (Å²) in [5.41, 5.74) is 0. The molecule has 0 fully saturated rings. The average Bonchev–Trinajstić information content (AvgIpc) is 2.20. The maximum atomic E-state index is 4.15. The molecule has 0 bridgehead atoms. The molecule has 0 aromatic heterocycles. The monoisotopic (exact) mass is 141 g/mol. The minimum Gasteiger partial charge on any atom is -0.340 e. The zero-order chi connectivity index (χ0) is 7.56. The van der Waals surface area contributed by atoms with E-state index in [-0.39, 0.29) is 0 Å². The smallest absolute Gasteiger partial charge is 0.116 e. The number of hydrazone groups is 1. The van der Waals surface area contributed by atoms with E-state index in [1.165, 1.54) is 6.42 Å². The Bertz CT molecular complexity index is 133. The third kappa shape index (κ3) is 1.23. The highest BCUT2D eigenvalue weighted by Crippen LogP contribution is 2.08. The second kappa shape index (κ2) is 2.90. The lowest BCUT2D eigenvalue weighted by atomic mass is 10.4. The Hall–Kier alpha value is -0.730. The first-order valence-electron chi connectivity index (χ1n) is 3.78. The van der Waals surface area contributed by atoms with Crippen LogP contribution in [0.5, 0.6) is 0 Å². The molecule has 3 nitrogen and oxygen atoms in total. The van der Waals surface area contributed by atoms with E-state index in [0.717, 1.165) is 6.54 Å². The first-order chi connectivity index (χ1) is 4.75. The van der Waals surface area contributed by atoms with Crippen molar-refractivity contribution < 1.29 is 0 Å². The summed E-state index contributed by atoms with van der Waals surface area (Å²) in [6, 6.07) is 0. The minimum atomic E-state index is 0.444. The summed E-state index contributed by atoms with van der Waals surface area (Å²) in [5.74, 6) is 0. The van der Waals surface area contributed by atoms with Crippen molar-refractivity contribution in [2.24, 2.45) is 5.10 Å². The summed E-state index contributed by atoms with van der Waals surface area (Å²) in [6.07, 6.45) is 3.54. The van der Waals surface area contributed by atoms with E-state index in [1.807, 2.05) is 18.4 Å². The lowest BCUT2D eigenvalue weighted by Crippen LogP contribution is -2.35. The molecule has 0 saturated carbocycles. The zero-order valence-electron chi connectivity index (χ0n) is 6.91. The first-order valence-corrected chi connectivity index (χ1v) is 3.78. The fourth-order valence-electron chi connectivity index (χ4n) is 1.06. The Balaban J connectivity index is 2.41. The molecule has 0 amide bonds. The third-order valence-corrected chi connectivity index (χ3v) is 1.88. The molecule has 0 aromatic rings. The van der Waals surface area contributed by atoms with Gasteiger partial charge < -0.3 is 4.90 Å². The maximum absolute atomic E-state index is 4.15. The molecular formula is C7H15N3. The van der Waals surface area contributed by atoms with Crippen molar-refractivity contribution in [2.45, 2.75) is 26.4 Å². The molecule has 1 atom stereocenters. The van der Waals surface area contributed by atoms with Gasteiger partial charge >= 0.3 is 0 Å². The second-order valence-electron chi connectivity index (χ2n) is 2.67. The standard InChI is InChI=1S/C7H15N3/c1-4-5-10-6-8-9(3)7(10)2/h6-7H,4-5H2,1-3H3. The van der Waals surface area contributed by atoms with Crippen molar-refractivity contribution in [3.8, 4) is 0 Å². The number of rotatable bonds is 2. The van der Waals surface area contributed by atoms with Gasteiger partial charge in [0.2, 0.25) is 0 Å². The Morgan fingerprint density at radius 1 is 1.60 bits per heavy atom. The van der Waals surface area contributed by atoms with Crippen LogP contribution in [0.4, 0.5) is 0 Å². The third-order valence-electron chi connectivity index (χ3n) is 1.88. The van der Waals surface area contributed by atoms with Crippen LogP contribution in [0.15, 0.2) is 5.10 Å². The molecule has 1 aliphatic heterocycles. The van der Waals surface area contributed by atoms with Gasteiger partial charge in [-0.1, -0.05) is 6.92 Å². The summed E-state index contributed by atoms with van der Waals surface area (Å²) in [7, 11) is 2.00. The van der Waals surface area contributed by atoms with Crippen LogP contribution in [0, 0.1) is 0 Å². The molecule has 1 heterocycles. The summed E-state index contributed by atoms with van der Waals surface area (Å²) in [5, 5.41) is 6.12. The van der Waals surface area contributed by atoms with Crippen LogP contribution >= 0.6 is 0 Å². The van der Waals surface area contributed by atoms with Crippen molar-refractivity contribution in [1.29, 1.82) is 0 Å². The van der Waals surface area contributed by atoms with Gasteiger partial charge in [-0.3, -0.25) is 5.01 Å². The fourth-order valence-corrected chi connectivity index (χ4v) is 1.06. The molecule has 0 spiro atoms. The lowest BCUT2D eigenvalue weighted by Gasteiger charge is -2.23. The van der Waals surface area contributed by atoms with Crippen LogP contribution in [-0.4, -0.2) is 36.0 Å². The number of hydrogen-bond acceptors (Lipinski definition) is 3. The number of nitrogens with zero attached hydrogens (tertiary/aromatic N) is 3. The van der Waals surface area contributed by atoms with Gasteiger partial charge in [-0.25, -0.2) is 0 Å². The van der Waals surface area contributed by atoms with Crippen molar-refractivity contribution in [3.05, 3.63) is 0 Å². The van der Waals surface area contributed by atoms with E-state index >= 15 is 0 Å². The molecule has 0 N–H and O–H groups in total. The van der Waals surface area contributed by atoms with Gasteiger partial charge in [-0.15, -0.1) is 0 Å². The second-order valence-corrected chi connectivity index (χ2v) is 2.67. The molecule has 0 aliphatic carbocycles. The van der Waals surface area contributed by atoms with Crippen LogP contribution in [-0.2, 0) is 0 Å². The van der Waals surface area contributed by atoms with Crippen LogP contribution in [0.2, 0.25) is 0 Å². The Kier molecular flexibility index (Phi) is 2.14. The van der Waals surface area contributed by atoms with E-state index in [1.54, 1.807) is 0 Å². The molecule has 1 aliphatic rings. The van der Waals surface area contributed by atoms with Crippen molar-refractivity contribution >= 4 is 6.34 Å². The molecular weight excluding hydrogens is 126 g/mol. The van der Waals surface area contributed by atoms with E-state index < -0.39 is 0 Å². The van der Waals surface area contributed by atoms with Gasteiger partial charge in [0.1, 0.15) is 12.5 Å². The van der Waals surface area contributed by atoms with Crippen LogP contribution in [0.25, 0.3) is 0 Å². The minimum absolute atomic E-state index is 0.444. The highest BCUT2D eigenvalue weighted by atomic mass is 15.6. The molecule has 10 heavy (non-hydrogen) atoms. The van der Waals surface area contributed by atoms with E-state index in [0.29, 0.717) is 6.17 Å². The molecule has 0 saturated heterocycles. The van der Waals surface area contributed by atoms with Crippen LogP contribution < -0.4 is 0 Å².